The van der Waals surface area contributed by atoms with Gasteiger partial charge in [-0.15, -0.1) is 0 Å². The summed E-state index contributed by atoms with van der Waals surface area (Å²) in [4.78, 5) is 11.8. The SMILES string of the molecule is COc1ccc(C(C)NC(=O)C(C)CCN)cc1. The number of amides is 1. The van der Waals surface area contributed by atoms with E-state index < -0.39 is 0 Å². The van der Waals surface area contributed by atoms with Crippen LogP contribution in [0, 0.1) is 5.92 Å². The minimum absolute atomic E-state index is 0.0105. The van der Waals surface area contributed by atoms with Gasteiger partial charge in [-0.2, -0.15) is 0 Å². The molecule has 0 bridgehead atoms. The number of rotatable bonds is 6. The Labute approximate surface area is 109 Å². The first-order valence-electron chi connectivity index (χ1n) is 6.23. The van der Waals surface area contributed by atoms with Crippen molar-refractivity contribution < 1.29 is 9.53 Å². The second-order valence-corrected chi connectivity index (χ2v) is 4.48. The zero-order valence-corrected chi connectivity index (χ0v) is 11.3. The summed E-state index contributed by atoms with van der Waals surface area (Å²) < 4.78 is 5.10. The number of nitrogens with one attached hydrogen (secondary N) is 1. The van der Waals surface area contributed by atoms with Crippen LogP contribution in [0.1, 0.15) is 31.9 Å². The van der Waals surface area contributed by atoms with Crippen LogP contribution in [-0.2, 0) is 4.79 Å². The molecule has 1 aromatic carbocycles. The molecule has 0 saturated heterocycles. The van der Waals surface area contributed by atoms with Gasteiger partial charge in [0.15, 0.2) is 0 Å². The topological polar surface area (TPSA) is 64.3 Å². The summed E-state index contributed by atoms with van der Waals surface area (Å²) in [7, 11) is 1.63. The largest absolute Gasteiger partial charge is 0.497 e. The van der Waals surface area contributed by atoms with Crippen molar-refractivity contribution >= 4 is 5.91 Å². The standard InChI is InChI=1S/C14H22N2O2/c1-10(8-9-15)14(17)16-11(2)12-4-6-13(18-3)7-5-12/h4-7,10-11H,8-9,15H2,1-3H3,(H,16,17). The van der Waals surface area contributed by atoms with Crippen LogP contribution < -0.4 is 15.8 Å². The van der Waals surface area contributed by atoms with Gasteiger partial charge >= 0.3 is 0 Å². The normalized spacial score (nSPS) is 13.8. The molecule has 1 aromatic rings. The molecule has 0 heterocycles. The Bertz CT molecular complexity index is 376. The Kier molecular flexibility index (Phi) is 5.65. The monoisotopic (exact) mass is 250 g/mol. The van der Waals surface area contributed by atoms with Gasteiger partial charge in [0, 0.05) is 5.92 Å². The molecule has 0 aliphatic rings. The minimum Gasteiger partial charge on any atom is -0.497 e. The number of hydrogen-bond acceptors (Lipinski definition) is 3. The van der Waals surface area contributed by atoms with Crippen molar-refractivity contribution in [3.05, 3.63) is 29.8 Å². The van der Waals surface area contributed by atoms with Crippen molar-refractivity contribution in [1.29, 1.82) is 0 Å². The van der Waals surface area contributed by atoms with Crippen molar-refractivity contribution in [1.82, 2.24) is 5.32 Å². The molecule has 0 aliphatic heterocycles. The second kappa shape index (κ2) is 7.01. The maximum Gasteiger partial charge on any atom is 0.223 e. The third-order valence-corrected chi connectivity index (χ3v) is 3.02. The Balaban J connectivity index is 2.58. The van der Waals surface area contributed by atoms with Gasteiger partial charge in [0.05, 0.1) is 13.2 Å². The van der Waals surface area contributed by atoms with Crippen molar-refractivity contribution in [2.24, 2.45) is 11.7 Å². The molecule has 4 heteroatoms. The van der Waals surface area contributed by atoms with E-state index in [2.05, 4.69) is 5.32 Å². The van der Waals surface area contributed by atoms with Crippen molar-refractivity contribution in [3.8, 4) is 5.75 Å². The van der Waals surface area contributed by atoms with Crippen LogP contribution in [-0.4, -0.2) is 19.6 Å². The molecular formula is C14H22N2O2. The van der Waals surface area contributed by atoms with Crippen molar-refractivity contribution in [2.75, 3.05) is 13.7 Å². The summed E-state index contributed by atoms with van der Waals surface area (Å²) in [6, 6.07) is 7.68. The van der Waals surface area contributed by atoms with Crippen LogP contribution >= 0.6 is 0 Å². The Morgan fingerprint density at radius 3 is 2.44 bits per heavy atom. The molecule has 2 atom stereocenters. The fraction of sp³-hybridized carbons (Fsp3) is 0.500. The molecule has 0 radical (unpaired) electrons. The number of methoxy groups -OCH3 is 1. The van der Waals surface area contributed by atoms with Gasteiger partial charge in [-0.25, -0.2) is 0 Å². The molecule has 3 N–H and O–H groups in total. The van der Waals surface area contributed by atoms with E-state index in [4.69, 9.17) is 10.5 Å². The molecule has 0 fully saturated rings. The second-order valence-electron chi connectivity index (χ2n) is 4.48. The molecule has 18 heavy (non-hydrogen) atoms. The highest BCUT2D eigenvalue weighted by Crippen LogP contribution is 2.17. The average molecular weight is 250 g/mol. The van der Waals surface area contributed by atoms with Crippen LogP contribution in [0.15, 0.2) is 24.3 Å². The van der Waals surface area contributed by atoms with E-state index in [0.717, 1.165) is 11.3 Å². The Morgan fingerprint density at radius 1 is 1.33 bits per heavy atom. The first kappa shape index (κ1) is 14.5. The van der Waals surface area contributed by atoms with Crippen molar-refractivity contribution in [2.45, 2.75) is 26.3 Å². The quantitative estimate of drug-likeness (QED) is 0.810. The average Bonchev–Trinajstić information content (AvgIpc) is 2.39. The summed E-state index contributed by atoms with van der Waals surface area (Å²) in [5.74, 6) is 0.813. The van der Waals surface area contributed by atoms with Crippen molar-refractivity contribution in [3.63, 3.8) is 0 Å². The van der Waals surface area contributed by atoms with Gasteiger partial charge in [0.25, 0.3) is 0 Å². The third-order valence-electron chi connectivity index (χ3n) is 3.02. The molecule has 0 saturated carbocycles. The number of hydrogen-bond donors (Lipinski definition) is 2. The molecule has 1 rings (SSSR count). The van der Waals surface area contributed by atoms with Gasteiger partial charge in [-0.3, -0.25) is 4.79 Å². The molecule has 1 amide bonds. The summed E-state index contributed by atoms with van der Waals surface area (Å²) >= 11 is 0. The number of carbonyl (C=O) groups is 1. The predicted octanol–water partition coefficient (Wildman–Crippen LogP) is 1.86. The highest BCUT2D eigenvalue weighted by Gasteiger charge is 2.15. The van der Waals surface area contributed by atoms with Crippen LogP contribution in [0.5, 0.6) is 5.75 Å². The summed E-state index contributed by atoms with van der Waals surface area (Å²) in [6.45, 7) is 4.39. The molecule has 2 unspecified atom stereocenters. The number of ether oxygens (including phenoxy) is 1. The van der Waals surface area contributed by atoms with Gasteiger partial charge in [-0.1, -0.05) is 19.1 Å². The molecule has 4 nitrogen and oxygen atoms in total. The summed E-state index contributed by atoms with van der Waals surface area (Å²) in [5, 5.41) is 2.98. The van der Waals surface area contributed by atoms with E-state index in [1.807, 2.05) is 38.1 Å². The van der Waals surface area contributed by atoms with E-state index in [9.17, 15) is 4.79 Å². The summed E-state index contributed by atoms with van der Waals surface area (Å²) in [6.07, 6.45) is 0.709. The van der Waals surface area contributed by atoms with E-state index in [0.29, 0.717) is 13.0 Å². The lowest BCUT2D eigenvalue weighted by Crippen LogP contribution is -2.32. The zero-order chi connectivity index (χ0) is 13.5. The van der Waals surface area contributed by atoms with Gasteiger partial charge in [0.2, 0.25) is 5.91 Å². The van der Waals surface area contributed by atoms with Crippen LogP contribution in [0.4, 0.5) is 0 Å². The van der Waals surface area contributed by atoms with E-state index in [-0.39, 0.29) is 17.9 Å². The smallest absolute Gasteiger partial charge is 0.223 e. The first-order chi connectivity index (χ1) is 8.58. The lowest BCUT2D eigenvalue weighted by atomic mass is 10.0. The lowest BCUT2D eigenvalue weighted by molar-refractivity contribution is -0.125. The molecule has 100 valence electrons. The fourth-order valence-corrected chi connectivity index (χ4v) is 1.71. The number of nitrogens with two attached hydrogens (primary N) is 1. The zero-order valence-electron chi connectivity index (χ0n) is 11.3. The number of carbonyl (C=O) groups excluding carboxylic acids is 1. The molecule has 0 spiro atoms. The maximum absolute atomic E-state index is 11.8. The van der Waals surface area contributed by atoms with Crippen LogP contribution in [0.25, 0.3) is 0 Å². The Hall–Kier alpha value is -1.55. The van der Waals surface area contributed by atoms with Crippen LogP contribution in [0.2, 0.25) is 0 Å². The number of benzene rings is 1. The van der Waals surface area contributed by atoms with Gasteiger partial charge in [-0.05, 0) is 37.6 Å². The molecule has 0 aromatic heterocycles. The van der Waals surface area contributed by atoms with E-state index >= 15 is 0 Å². The minimum atomic E-state index is -0.0456. The first-order valence-corrected chi connectivity index (χ1v) is 6.23. The van der Waals surface area contributed by atoms with Crippen LogP contribution in [0.3, 0.4) is 0 Å². The van der Waals surface area contributed by atoms with E-state index in [1.165, 1.54) is 0 Å². The van der Waals surface area contributed by atoms with Gasteiger partial charge in [0.1, 0.15) is 5.75 Å². The van der Waals surface area contributed by atoms with E-state index in [1.54, 1.807) is 7.11 Å². The maximum atomic E-state index is 11.8. The lowest BCUT2D eigenvalue weighted by Gasteiger charge is -2.17. The highest BCUT2D eigenvalue weighted by molar-refractivity contribution is 5.78. The fourth-order valence-electron chi connectivity index (χ4n) is 1.71. The third kappa shape index (κ3) is 4.04. The summed E-state index contributed by atoms with van der Waals surface area (Å²) in [5.41, 5.74) is 6.51. The molecular weight excluding hydrogens is 228 g/mol. The predicted molar refractivity (Wildman–Crippen MR) is 72.4 cm³/mol. The highest BCUT2D eigenvalue weighted by atomic mass is 16.5. The molecule has 0 aliphatic carbocycles. The van der Waals surface area contributed by atoms with Gasteiger partial charge < -0.3 is 15.8 Å². The Morgan fingerprint density at radius 2 is 1.94 bits per heavy atom.